The summed E-state index contributed by atoms with van der Waals surface area (Å²) in [7, 11) is -3.90. The molecule has 0 aliphatic rings. The summed E-state index contributed by atoms with van der Waals surface area (Å²) in [5.74, 6) is -0.292. The summed E-state index contributed by atoms with van der Waals surface area (Å²) in [6.07, 6.45) is 3.18. The van der Waals surface area contributed by atoms with Crippen LogP contribution < -0.4 is 10.0 Å². The van der Waals surface area contributed by atoms with Crippen molar-refractivity contribution in [3.8, 4) is 0 Å². The molecule has 0 aliphatic heterocycles. The van der Waals surface area contributed by atoms with Crippen LogP contribution in [0.5, 0.6) is 0 Å². The van der Waals surface area contributed by atoms with Crippen LogP contribution in [0, 0.1) is 0 Å². The predicted molar refractivity (Wildman–Crippen MR) is 111 cm³/mol. The second kappa shape index (κ2) is 7.53. The van der Waals surface area contributed by atoms with E-state index in [1.165, 1.54) is 36.4 Å². The van der Waals surface area contributed by atoms with Crippen molar-refractivity contribution in [2.45, 2.75) is 4.90 Å². The van der Waals surface area contributed by atoms with E-state index in [9.17, 15) is 13.2 Å². The normalized spacial score (nSPS) is 11.3. The molecule has 0 saturated heterocycles. The number of anilines is 2. The number of nitrogens with zero attached hydrogens (tertiary/aromatic N) is 2. The molecule has 0 unspecified atom stereocenters. The van der Waals surface area contributed by atoms with Gasteiger partial charge in [0, 0.05) is 11.2 Å². The van der Waals surface area contributed by atoms with Crippen molar-refractivity contribution in [2.75, 3.05) is 10.0 Å². The number of H-pyrrole nitrogens is 1. The maximum atomic E-state index is 12.7. The average Bonchev–Trinajstić information content (AvgIpc) is 3.10. The molecule has 10 heteroatoms. The van der Waals surface area contributed by atoms with Gasteiger partial charge in [-0.2, -0.15) is 0 Å². The number of rotatable bonds is 5. The van der Waals surface area contributed by atoms with Gasteiger partial charge in [-0.05, 0) is 42.5 Å². The molecule has 2 heterocycles. The third kappa shape index (κ3) is 4.05. The molecule has 2 aromatic carbocycles. The molecule has 0 radical (unpaired) electrons. The van der Waals surface area contributed by atoms with E-state index in [4.69, 9.17) is 11.6 Å². The van der Waals surface area contributed by atoms with Gasteiger partial charge in [-0.25, -0.2) is 13.4 Å². The molecule has 29 heavy (non-hydrogen) atoms. The molecule has 3 N–H and O–H groups in total. The van der Waals surface area contributed by atoms with E-state index in [1.807, 2.05) is 0 Å². The van der Waals surface area contributed by atoms with Gasteiger partial charge in [0.15, 0.2) is 0 Å². The van der Waals surface area contributed by atoms with Gasteiger partial charge in [-0.3, -0.25) is 19.8 Å². The largest absolute Gasteiger partial charge is 0.323 e. The molecule has 0 bridgehead atoms. The van der Waals surface area contributed by atoms with Crippen LogP contribution >= 0.6 is 11.6 Å². The first-order valence-corrected chi connectivity index (χ1v) is 10.3. The number of amides is 1. The standard InChI is InChI=1S/C19H14ClN5O3S/c20-12-5-7-13(8-6-12)29(27,28)25-15-4-2-1-3-14(15)18(26)24-19-22-16-9-10-21-11-17(16)23-19/h1-11,25H,(H2,22,23,24,26). The Balaban J connectivity index is 1.60. The highest BCUT2D eigenvalue weighted by Gasteiger charge is 2.19. The number of halogens is 1. The minimum Gasteiger partial charge on any atom is -0.323 e. The lowest BCUT2D eigenvalue weighted by atomic mass is 10.2. The Kier molecular flexibility index (Phi) is 4.91. The van der Waals surface area contributed by atoms with E-state index in [1.54, 1.807) is 30.6 Å². The summed E-state index contributed by atoms with van der Waals surface area (Å²) < 4.78 is 27.7. The molecule has 8 nitrogen and oxygen atoms in total. The third-order valence-corrected chi connectivity index (χ3v) is 5.69. The number of carbonyl (C=O) groups excluding carboxylic acids is 1. The predicted octanol–water partition coefficient (Wildman–Crippen LogP) is 3.66. The average molecular weight is 428 g/mol. The van der Waals surface area contributed by atoms with E-state index >= 15 is 0 Å². The quantitative estimate of drug-likeness (QED) is 0.449. The van der Waals surface area contributed by atoms with E-state index in [2.05, 4.69) is 25.0 Å². The Bertz CT molecular complexity index is 1270. The van der Waals surface area contributed by atoms with Crippen molar-refractivity contribution in [1.82, 2.24) is 15.0 Å². The molecular formula is C19H14ClN5O3S. The van der Waals surface area contributed by atoms with Gasteiger partial charge in [0.05, 0.1) is 33.4 Å². The zero-order valence-corrected chi connectivity index (χ0v) is 16.3. The number of hydrogen-bond acceptors (Lipinski definition) is 5. The lowest BCUT2D eigenvalue weighted by Crippen LogP contribution is -2.19. The molecule has 0 atom stereocenters. The minimum atomic E-state index is -3.90. The van der Waals surface area contributed by atoms with Crippen LogP contribution in [0.1, 0.15) is 10.4 Å². The zero-order valence-electron chi connectivity index (χ0n) is 14.8. The van der Waals surface area contributed by atoms with Gasteiger partial charge >= 0.3 is 0 Å². The summed E-state index contributed by atoms with van der Waals surface area (Å²) >= 11 is 5.81. The lowest BCUT2D eigenvalue weighted by molar-refractivity contribution is 0.102. The van der Waals surface area contributed by atoms with Gasteiger partial charge in [0.1, 0.15) is 0 Å². The molecule has 4 aromatic rings. The number of sulfonamides is 1. The van der Waals surface area contributed by atoms with Gasteiger partial charge in [0.25, 0.3) is 15.9 Å². The first-order valence-electron chi connectivity index (χ1n) is 8.41. The molecule has 0 fully saturated rings. The summed E-state index contributed by atoms with van der Waals surface area (Å²) in [6, 6.07) is 13.7. The maximum Gasteiger partial charge on any atom is 0.261 e. The summed E-state index contributed by atoms with van der Waals surface area (Å²) in [4.78, 5) is 24.0. The Morgan fingerprint density at radius 1 is 1.03 bits per heavy atom. The van der Waals surface area contributed by atoms with Crippen molar-refractivity contribution >= 4 is 50.2 Å². The molecular weight excluding hydrogens is 414 g/mol. The second-order valence-electron chi connectivity index (χ2n) is 6.04. The topological polar surface area (TPSA) is 117 Å². The third-order valence-electron chi connectivity index (χ3n) is 4.06. The summed E-state index contributed by atoms with van der Waals surface area (Å²) in [5.41, 5.74) is 1.59. The van der Waals surface area contributed by atoms with Crippen molar-refractivity contribution in [2.24, 2.45) is 0 Å². The first-order chi connectivity index (χ1) is 13.9. The first kappa shape index (κ1) is 18.9. The van der Waals surface area contributed by atoms with Crippen molar-refractivity contribution in [3.63, 3.8) is 0 Å². The SMILES string of the molecule is O=C(Nc1nc2ccncc2[nH]1)c1ccccc1NS(=O)(=O)c1ccc(Cl)cc1. The maximum absolute atomic E-state index is 12.7. The Labute approximate surface area is 171 Å². The summed E-state index contributed by atoms with van der Waals surface area (Å²) in [6.45, 7) is 0. The van der Waals surface area contributed by atoms with Crippen LogP contribution in [0.2, 0.25) is 5.02 Å². The highest BCUT2D eigenvalue weighted by molar-refractivity contribution is 7.92. The zero-order chi connectivity index (χ0) is 20.4. The van der Waals surface area contributed by atoms with Crippen molar-refractivity contribution < 1.29 is 13.2 Å². The van der Waals surface area contributed by atoms with Crippen molar-refractivity contribution in [3.05, 3.63) is 77.6 Å². The highest BCUT2D eigenvalue weighted by atomic mass is 35.5. The minimum absolute atomic E-state index is 0.0295. The number of carbonyl (C=O) groups is 1. The lowest BCUT2D eigenvalue weighted by Gasteiger charge is -2.12. The molecule has 0 saturated carbocycles. The van der Waals surface area contributed by atoms with Gasteiger partial charge in [-0.15, -0.1) is 0 Å². The molecule has 146 valence electrons. The van der Waals surface area contributed by atoms with E-state index < -0.39 is 15.9 Å². The molecule has 0 spiro atoms. The fraction of sp³-hybridized carbons (Fsp3) is 0. The van der Waals surface area contributed by atoms with Gasteiger partial charge in [0.2, 0.25) is 5.95 Å². The van der Waals surface area contributed by atoms with E-state index in [0.29, 0.717) is 16.1 Å². The number of fused-ring (bicyclic) bond motifs is 1. The number of pyridine rings is 1. The van der Waals surface area contributed by atoms with Crippen LogP contribution in [0.25, 0.3) is 11.0 Å². The van der Waals surface area contributed by atoms with E-state index in [-0.39, 0.29) is 22.1 Å². The summed E-state index contributed by atoms with van der Waals surface area (Å²) in [5, 5.41) is 3.06. The Morgan fingerprint density at radius 3 is 2.55 bits per heavy atom. The smallest absolute Gasteiger partial charge is 0.261 e. The van der Waals surface area contributed by atoms with Crippen molar-refractivity contribution in [1.29, 1.82) is 0 Å². The molecule has 1 amide bonds. The number of hydrogen-bond donors (Lipinski definition) is 3. The van der Waals surface area contributed by atoms with Crippen LogP contribution in [-0.4, -0.2) is 29.3 Å². The number of benzene rings is 2. The Hall–Kier alpha value is -3.43. The van der Waals surface area contributed by atoms with Crippen LogP contribution in [0.15, 0.2) is 71.9 Å². The monoisotopic (exact) mass is 427 g/mol. The molecule has 4 rings (SSSR count). The molecule has 0 aliphatic carbocycles. The number of imidazole rings is 1. The van der Waals surface area contributed by atoms with Crippen LogP contribution in [0.4, 0.5) is 11.6 Å². The molecule has 2 aromatic heterocycles. The van der Waals surface area contributed by atoms with E-state index in [0.717, 1.165) is 0 Å². The van der Waals surface area contributed by atoms with Crippen LogP contribution in [-0.2, 0) is 10.0 Å². The fourth-order valence-corrected chi connectivity index (χ4v) is 3.88. The Morgan fingerprint density at radius 2 is 1.79 bits per heavy atom. The van der Waals surface area contributed by atoms with Gasteiger partial charge < -0.3 is 4.98 Å². The highest BCUT2D eigenvalue weighted by Crippen LogP contribution is 2.22. The van der Waals surface area contributed by atoms with Gasteiger partial charge in [-0.1, -0.05) is 23.7 Å². The van der Waals surface area contributed by atoms with Crippen LogP contribution in [0.3, 0.4) is 0 Å². The number of aromatic amines is 1. The number of para-hydroxylation sites is 1. The number of nitrogens with one attached hydrogen (secondary N) is 3. The fourth-order valence-electron chi connectivity index (χ4n) is 2.68. The number of aromatic nitrogens is 3. The second-order valence-corrected chi connectivity index (χ2v) is 8.16.